The molecule has 0 aliphatic carbocycles. The monoisotopic (exact) mass is 162 g/mol. The van der Waals surface area contributed by atoms with Gasteiger partial charge in [-0.05, 0) is 6.42 Å². The zero-order valence-corrected chi connectivity index (χ0v) is 6.01. The first-order valence-corrected chi connectivity index (χ1v) is 3.52. The van der Waals surface area contributed by atoms with E-state index in [0.717, 1.165) is 0 Å². The van der Waals surface area contributed by atoms with E-state index in [9.17, 15) is 9.18 Å². The second-order valence-electron chi connectivity index (χ2n) is 2.64. The van der Waals surface area contributed by atoms with Crippen LogP contribution in [0.15, 0.2) is 0 Å². The molecule has 0 radical (unpaired) electrons. The third-order valence-electron chi connectivity index (χ3n) is 1.76. The lowest BCUT2D eigenvalue weighted by Crippen LogP contribution is -2.32. The van der Waals surface area contributed by atoms with Gasteiger partial charge in [0, 0.05) is 18.6 Å². The molecule has 0 bridgehead atoms. The molecule has 0 aromatic carbocycles. The number of hydrogen-bond acceptors (Lipinski definition) is 3. The van der Waals surface area contributed by atoms with Crippen LogP contribution in [-0.2, 0) is 0 Å². The summed E-state index contributed by atoms with van der Waals surface area (Å²) in [5.74, 6) is 0. The fraction of sp³-hybridized carbons (Fsp3) is 0.833. The van der Waals surface area contributed by atoms with Gasteiger partial charge < -0.3 is 15.7 Å². The summed E-state index contributed by atoms with van der Waals surface area (Å²) in [5.41, 5.74) is 0. The van der Waals surface area contributed by atoms with Gasteiger partial charge >= 0.3 is 6.16 Å². The van der Waals surface area contributed by atoms with Crippen LogP contribution in [0.25, 0.3) is 0 Å². The van der Waals surface area contributed by atoms with Crippen molar-refractivity contribution in [3.8, 4) is 0 Å². The first-order chi connectivity index (χ1) is 5.22. The SMILES string of the molecule is O=C(F)N[C@@H]1CN[C@H](CO)C1. The molecule has 1 heterocycles. The van der Waals surface area contributed by atoms with Gasteiger partial charge in [-0.3, -0.25) is 0 Å². The highest BCUT2D eigenvalue weighted by molar-refractivity contribution is 5.66. The maximum Gasteiger partial charge on any atom is 0.397 e. The highest BCUT2D eigenvalue weighted by atomic mass is 19.1. The Labute approximate surface area is 63.8 Å². The summed E-state index contributed by atoms with van der Waals surface area (Å²) in [4.78, 5) is 9.93. The van der Waals surface area contributed by atoms with Crippen LogP contribution in [0.3, 0.4) is 0 Å². The molecule has 4 nitrogen and oxygen atoms in total. The van der Waals surface area contributed by atoms with Gasteiger partial charge in [0.05, 0.1) is 6.61 Å². The van der Waals surface area contributed by atoms with Crippen molar-refractivity contribution in [2.24, 2.45) is 0 Å². The largest absolute Gasteiger partial charge is 0.397 e. The van der Waals surface area contributed by atoms with E-state index in [1.54, 1.807) is 0 Å². The number of aliphatic hydroxyl groups is 1. The lowest BCUT2D eigenvalue weighted by molar-refractivity contribution is 0.217. The molecule has 1 amide bonds. The van der Waals surface area contributed by atoms with E-state index in [1.165, 1.54) is 0 Å². The molecule has 1 aliphatic rings. The molecule has 64 valence electrons. The minimum atomic E-state index is -1.50. The Bertz CT molecular complexity index is 154. The van der Waals surface area contributed by atoms with Gasteiger partial charge in [0.25, 0.3) is 0 Å². The fourth-order valence-electron chi connectivity index (χ4n) is 1.23. The Morgan fingerprint density at radius 1 is 1.82 bits per heavy atom. The van der Waals surface area contributed by atoms with Gasteiger partial charge in [-0.15, -0.1) is 4.39 Å². The summed E-state index contributed by atoms with van der Waals surface area (Å²) in [6.07, 6.45) is -0.915. The molecular weight excluding hydrogens is 151 g/mol. The van der Waals surface area contributed by atoms with Gasteiger partial charge in [0.15, 0.2) is 0 Å². The van der Waals surface area contributed by atoms with Crippen molar-refractivity contribution in [2.75, 3.05) is 13.2 Å². The van der Waals surface area contributed by atoms with Crippen molar-refractivity contribution in [3.63, 3.8) is 0 Å². The summed E-state index contributed by atoms with van der Waals surface area (Å²) in [6, 6.07) is -0.184. The standard InChI is InChI=1S/C6H11FN2O2/c7-6(11)9-4-1-5(3-10)8-2-4/h4-5,8,10H,1-3H2,(H,9,11)/t4-,5-/m0/s1. The first-order valence-electron chi connectivity index (χ1n) is 3.52. The van der Waals surface area contributed by atoms with Gasteiger partial charge in [0.1, 0.15) is 0 Å². The highest BCUT2D eigenvalue weighted by Gasteiger charge is 2.24. The van der Waals surface area contributed by atoms with Crippen molar-refractivity contribution in [1.82, 2.24) is 10.6 Å². The van der Waals surface area contributed by atoms with E-state index in [2.05, 4.69) is 10.6 Å². The topological polar surface area (TPSA) is 61.4 Å². The van der Waals surface area contributed by atoms with Crippen molar-refractivity contribution in [2.45, 2.75) is 18.5 Å². The van der Waals surface area contributed by atoms with Crippen molar-refractivity contribution in [1.29, 1.82) is 0 Å². The smallest absolute Gasteiger partial charge is 0.395 e. The van der Waals surface area contributed by atoms with Crippen LogP contribution in [0.1, 0.15) is 6.42 Å². The zero-order chi connectivity index (χ0) is 8.27. The average Bonchev–Trinajstić information content (AvgIpc) is 2.34. The normalized spacial score (nSPS) is 30.4. The summed E-state index contributed by atoms with van der Waals surface area (Å²) < 4.78 is 11.7. The number of amides is 1. The third-order valence-corrected chi connectivity index (χ3v) is 1.76. The first kappa shape index (κ1) is 8.42. The molecule has 0 aromatic rings. The van der Waals surface area contributed by atoms with E-state index in [0.29, 0.717) is 13.0 Å². The molecule has 1 aliphatic heterocycles. The Kier molecular flexibility index (Phi) is 2.78. The van der Waals surface area contributed by atoms with Crippen LogP contribution in [0, 0.1) is 0 Å². The number of aliphatic hydroxyl groups excluding tert-OH is 1. The number of rotatable bonds is 2. The quantitative estimate of drug-likeness (QED) is 0.375. The minimum Gasteiger partial charge on any atom is -0.395 e. The number of carbonyl (C=O) groups is 1. The zero-order valence-electron chi connectivity index (χ0n) is 6.01. The summed E-state index contributed by atoms with van der Waals surface area (Å²) in [5, 5.41) is 13.7. The molecule has 0 aromatic heterocycles. The van der Waals surface area contributed by atoms with Gasteiger partial charge in [-0.2, -0.15) is 0 Å². The minimum absolute atomic E-state index is 0.00755. The van der Waals surface area contributed by atoms with Gasteiger partial charge in [-0.25, -0.2) is 4.79 Å². The summed E-state index contributed by atoms with van der Waals surface area (Å²) in [6.45, 7) is 0.555. The van der Waals surface area contributed by atoms with Crippen molar-refractivity contribution < 1.29 is 14.3 Å². The predicted octanol–water partition coefficient (Wildman–Crippen LogP) is -0.612. The Hall–Kier alpha value is -0.680. The molecule has 0 unspecified atom stereocenters. The van der Waals surface area contributed by atoms with Crippen LogP contribution in [-0.4, -0.2) is 36.5 Å². The maximum absolute atomic E-state index is 11.7. The number of hydrogen-bond donors (Lipinski definition) is 3. The second-order valence-corrected chi connectivity index (χ2v) is 2.64. The van der Waals surface area contributed by atoms with Crippen LogP contribution in [0.4, 0.5) is 9.18 Å². The maximum atomic E-state index is 11.7. The number of nitrogens with one attached hydrogen (secondary N) is 2. The molecule has 2 atom stereocenters. The summed E-state index contributed by atoms with van der Waals surface area (Å²) in [7, 11) is 0. The van der Waals surface area contributed by atoms with Gasteiger partial charge in [0.2, 0.25) is 0 Å². The van der Waals surface area contributed by atoms with E-state index < -0.39 is 6.16 Å². The van der Waals surface area contributed by atoms with Crippen LogP contribution in [0.2, 0.25) is 0 Å². The van der Waals surface area contributed by atoms with E-state index >= 15 is 0 Å². The molecule has 3 N–H and O–H groups in total. The Morgan fingerprint density at radius 2 is 2.55 bits per heavy atom. The molecule has 0 spiro atoms. The lowest BCUT2D eigenvalue weighted by atomic mass is 10.2. The molecule has 1 fully saturated rings. The number of halogens is 1. The molecule has 1 saturated heterocycles. The third kappa shape index (κ3) is 2.44. The molecule has 11 heavy (non-hydrogen) atoms. The molecular formula is C6H11FN2O2. The van der Waals surface area contributed by atoms with E-state index in [1.807, 2.05) is 0 Å². The second kappa shape index (κ2) is 3.64. The Balaban J connectivity index is 2.24. The lowest BCUT2D eigenvalue weighted by Gasteiger charge is -2.06. The molecule has 1 rings (SSSR count). The van der Waals surface area contributed by atoms with Crippen molar-refractivity contribution >= 4 is 6.16 Å². The Morgan fingerprint density at radius 3 is 3.00 bits per heavy atom. The molecule has 0 saturated carbocycles. The van der Waals surface area contributed by atoms with Crippen LogP contribution in [0.5, 0.6) is 0 Å². The van der Waals surface area contributed by atoms with E-state index in [4.69, 9.17) is 5.11 Å². The van der Waals surface area contributed by atoms with Gasteiger partial charge in [-0.1, -0.05) is 0 Å². The van der Waals surface area contributed by atoms with Crippen molar-refractivity contribution in [3.05, 3.63) is 0 Å². The average molecular weight is 162 g/mol. The fourth-order valence-corrected chi connectivity index (χ4v) is 1.23. The highest BCUT2D eigenvalue weighted by Crippen LogP contribution is 2.05. The van der Waals surface area contributed by atoms with E-state index in [-0.39, 0.29) is 18.7 Å². The number of carbonyl (C=O) groups excluding carboxylic acids is 1. The van der Waals surface area contributed by atoms with Crippen LogP contribution >= 0.6 is 0 Å². The van der Waals surface area contributed by atoms with Crippen LogP contribution < -0.4 is 10.6 Å². The summed E-state index contributed by atoms with van der Waals surface area (Å²) >= 11 is 0. The predicted molar refractivity (Wildman–Crippen MR) is 36.9 cm³/mol. The molecule has 5 heteroatoms.